The molecule has 4 aromatic rings. The molecule has 0 aliphatic carbocycles. The highest BCUT2D eigenvalue weighted by atomic mass is 35.5. The van der Waals surface area contributed by atoms with E-state index in [-0.39, 0.29) is 6.10 Å². The van der Waals surface area contributed by atoms with Gasteiger partial charge in [0.05, 0.1) is 54.2 Å². The lowest BCUT2D eigenvalue weighted by molar-refractivity contribution is 0.107. The number of benzene rings is 2. The van der Waals surface area contributed by atoms with Crippen molar-refractivity contribution in [3.05, 3.63) is 70.2 Å². The molecule has 0 radical (unpaired) electrons. The summed E-state index contributed by atoms with van der Waals surface area (Å²) in [6.45, 7) is 2.97. The van der Waals surface area contributed by atoms with Crippen molar-refractivity contribution in [2.45, 2.75) is 25.6 Å². The largest absolute Gasteiger partial charge is 0.480 e. The number of nitrogens with zero attached hydrogens (tertiary/aromatic N) is 5. The van der Waals surface area contributed by atoms with Gasteiger partial charge in [-0.1, -0.05) is 59.6 Å². The second-order valence-electron chi connectivity index (χ2n) is 9.67. The summed E-state index contributed by atoms with van der Waals surface area (Å²) in [5.74, 6) is 0.914. The van der Waals surface area contributed by atoms with Crippen LogP contribution in [-0.2, 0) is 17.8 Å². The average Bonchev–Trinajstić information content (AvgIpc) is 3.46. The Kier molecular flexibility index (Phi) is 9.32. The van der Waals surface area contributed by atoms with Gasteiger partial charge in [0, 0.05) is 55.5 Å². The van der Waals surface area contributed by atoms with E-state index >= 15 is 0 Å². The first kappa shape index (κ1) is 29.2. The summed E-state index contributed by atoms with van der Waals surface area (Å²) in [7, 11) is 6.77. The summed E-state index contributed by atoms with van der Waals surface area (Å²) in [4.78, 5) is 20.9. The van der Waals surface area contributed by atoms with E-state index in [1.165, 1.54) is 0 Å². The summed E-state index contributed by atoms with van der Waals surface area (Å²) in [6.07, 6.45) is 4.67. The van der Waals surface area contributed by atoms with Crippen LogP contribution in [0.25, 0.3) is 33.6 Å². The van der Waals surface area contributed by atoms with Crippen molar-refractivity contribution in [1.82, 2.24) is 30.2 Å². The van der Waals surface area contributed by atoms with Crippen molar-refractivity contribution in [3.8, 4) is 45.4 Å². The van der Waals surface area contributed by atoms with Crippen LogP contribution in [0.1, 0.15) is 17.8 Å². The molecule has 0 saturated carbocycles. The third-order valence-electron chi connectivity index (χ3n) is 7.13. The van der Waals surface area contributed by atoms with Crippen LogP contribution in [0.3, 0.4) is 0 Å². The van der Waals surface area contributed by atoms with Gasteiger partial charge in [-0.05, 0) is 13.5 Å². The molecule has 41 heavy (non-hydrogen) atoms. The molecule has 1 aliphatic heterocycles. The number of aromatic nitrogens is 4. The van der Waals surface area contributed by atoms with Crippen LogP contribution in [0.4, 0.5) is 0 Å². The number of halogens is 2. The molecule has 2 aromatic heterocycles. The van der Waals surface area contributed by atoms with Crippen molar-refractivity contribution >= 4 is 23.2 Å². The van der Waals surface area contributed by atoms with Gasteiger partial charge in [0.25, 0.3) is 0 Å². The van der Waals surface area contributed by atoms with E-state index in [4.69, 9.17) is 47.4 Å². The minimum atomic E-state index is 0.242. The maximum Gasteiger partial charge on any atom is 0.237 e. The fourth-order valence-corrected chi connectivity index (χ4v) is 5.65. The van der Waals surface area contributed by atoms with Crippen LogP contribution in [0.15, 0.2) is 48.8 Å². The number of rotatable bonds is 10. The summed E-state index contributed by atoms with van der Waals surface area (Å²) >= 11 is 14.0. The topological polar surface area (TPSA) is 94.5 Å². The van der Waals surface area contributed by atoms with Crippen LogP contribution >= 0.6 is 23.2 Å². The van der Waals surface area contributed by atoms with Crippen molar-refractivity contribution in [2.75, 3.05) is 41.5 Å². The van der Waals surface area contributed by atoms with Crippen molar-refractivity contribution in [1.29, 1.82) is 0 Å². The Balaban J connectivity index is 1.48. The summed E-state index contributed by atoms with van der Waals surface area (Å²) in [6, 6.07) is 11.5. The van der Waals surface area contributed by atoms with Crippen molar-refractivity contribution in [2.24, 2.45) is 0 Å². The molecule has 0 bridgehead atoms. The van der Waals surface area contributed by atoms with Crippen LogP contribution < -0.4 is 14.8 Å². The number of hydrogen-bond donors (Lipinski definition) is 1. The minimum absolute atomic E-state index is 0.242. The van der Waals surface area contributed by atoms with Gasteiger partial charge in [-0.3, -0.25) is 14.9 Å². The standard InChI is InChI=1S/C30H32Cl2N6O3/c1-33-13-25-29(40-3)36-23(14-34-25)21-9-5-7-19(27(21)31)20-8-6-10-22(28(20)32)24-15-35-26(30(37-24)41-4)17-38-12-11-18(16-38)39-2/h5-10,14-15,18,33H,11-13,16-17H2,1-4H3/t18-/m0/s1. The molecular formula is C30H32Cl2N6O3. The van der Waals surface area contributed by atoms with Gasteiger partial charge in [0.2, 0.25) is 11.8 Å². The van der Waals surface area contributed by atoms with Gasteiger partial charge in [0.15, 0.2) is 0 Å². The fourth-order valence-electron chi connectivity index (χ4n) is 5.00. The van der Waals surface area contributed by atoms with E-state index in [0.717, 1.165) is 47.5 Å². The Morgan fingerprint density at radius 2 is 1.37 bits per heavy atom. The number of ether oxygens (including phenoxy) is 3. The molecule has 3 heterocycles. The minimum Gasteiger partial charge on any atom is -0.480 e. The van der Waals surface area contributed by atoms with Crippen molar-refractivity contribution in [3.63, 3.8) is 0 Å². The Morgan fingerprint density at radius 3 is 1.88 bits per heavy atom. The Labute approximate surface area is 249 Å². The van der Waals surface area contributed by atoms with Gasteiger partial charge in [0.1, 0.15) is 11.4 Å². The summed E-state index contributed by atoms with van der Waals surface area (Å²) in [5.41, 5.74) is 5.65. The number of likely N-dealkylation sites (tertiary alicyclic amines) is 1. The molecular weight excluding hydrogens is 563 g/mol. The number of methoxy groups -OCH3 is 3. The fraction of sp³-hybridized carbons (Fsp3) is 0.333. The Bertz CT molecular complexity index is 1540. The van der Waals surface area contributed by atoms with E-state index in [1.807, 2.05) is 43.4 Å². The Hall–Kier alpha value is -3.34. The molecule has 214 valence electrons. The van der Waals surface area contributed by atoms with E-state index in [0.29, 0.717) is 52.0 Å². The van der Waals surface area contributed by atoms with Gasteiger partial charge < -0.3 is 19.5 Å². The zero-order valence-corrected chi connectivity index (χ0v) is 25.0. The first-order valence-corrected chi connectivity index (χ1v) is 14.0. The van der Waals surface area contributed by atoms with Gasteiger partial charge >= 0.3 is 0 Å². The first-order valence-electron chi connectivity index (χ1n) is 13.2. The van der Waals surface area contributed by atoms with Gasteiger partial charge in [-0.2, -0.15) is 0 Å². The first-order chi connectivity index (χ1) is 20.0. The van der Waals surface area contributed by atoms with E-state index < -0.39 is 0 Å². The maximum atomic E-state index is 7.01. The molecule has 5 rings (SSSR count). The predicted octanol–water partition coefficient (Wildman–Crippen LogP) is 5.53. The van der Waals surface area contributed by atoms with Crippen LogP contribution in [0.5, 0.6) is 11.8 Å². The molecule has 1 aliphatic rings. The van der Waals surface area contributed by atoms with Crippen LogP contribution in [0, 0.1) is 0 Å². The van der Waals surface area contributed by atoms with Crippen molar-refractivity contribution < 1.29 is 14.2 Å². The van der Waals surface area contributed by atoms with Crippen LogP contribution in [0.2, 0.25) is 10.0 Å². The third-order valence-corrected chi connectivity index (χ3v) is 7.94. The quantitative estimate of drug-likeness (QED) is 0.254. The molecule has 0 spiro atoms. The second kappa shape index (κ2) is 13.1. The average molecular weight is 596 g/mol. The third kappa shape index (κ3) is 6.14. The highest BCUT2D eigenvalue weighted by molar-refractivity contribution is 6.39. The highest BCUT2D eigenvalue weighted by Crippen LogP contribution is 2.42. The van der Waals surface area contributed by atoms with E-state index in [1.54, 1.807) is 33.7 Å². The predicted molar refractivity (Wildman–Crippen MR) is 161 cm³/mol. The van der Waals surface area contributed by atoms with E-state index in [9.17, 15) is 0 Å². The normalized spacial score (nSPS) is 15.3. The van der Waals surface area contributed by atoms with E-state index in [2.05, 4.69) is 20.2 Å². The molecule has 1 fully saturated rings. The summed E-state index contributed by atoms with van der Waals surface area (Å²) in [5, 5.41) is 4.08. The lowest BCUT2D eigenvalue weighted by atomic mass is 9.98. The molecule has 1 saturated heterocycles. The SMILES string of the molecule is CNCc1ncc(-c2cccc(-c3cccc(-c4cnc(CN5CC[C@H](OC)C5)c(OC)n4)c3Cl)c2Cl)nc1OC. The molecule has 0 unspecified atom stereocenters. The summed E-state index contributed by atoms with van der Waals surface area (Å²) < 4.78 is 16.6. The molecule has 9 nitrogen and oxygen atoms in total. The highest BCUT2D eigenvalue weighted by Gasteiger charge is 2.24. The molecule has 11 heteroatoms. The number of hydrogen-bond acceptors (Lipinski definition) is 9. The Morgan fingerprint density at radius 1 is 0.829 bits per heavy atom. The zero-order chi connectivity index (χ0) is 28.9. The molecule has 1 atom stereocenters. The monoisotopic (exact) mass is 594 g/mol. The lowest BCUT2D eigenvalue weighted by Gasteiger charge is -2.17. The smallest absolute Gasteiger partial charge is 0.237 e. The lowest BCUT2D eigenvalue weighted by Crippen LogP contribution is -2.23. The van der Waals surface area contributed by atoms with Gasteiger partial charge in [-0.15, -0.1) is 0 Å². The maximum absolute atomic E-state index is 7.01. The zero-order valence-electron chi connectivity index (χ0n) is 23.4. The van der Waals surface area contributed by atoms with Gasteiger partial charge in [-0.25, -0.2) is 9.97 Å². The van der Waals surface area contributed by atoms with Crippen LogP contribution in [-0.4, -0.2) is 72.4 Å². The molecule has 1 N–H and O–H groups in total. The number of nitrogens with one attached hydrogen (secondary N) is 1. The second-order valence-corrected chi connectivity index (χ2v) is 10.4. The molecule has 2 aromatic carbocycles. The molecule has 0 amide bonds.